The van der Waals surface area contributed by atoms with E-state index in [0.717, 1.165) is 12.8 Å². The van der Waals surface area contributed by atoms with Crippen LogP contribution in [0.1, 0.15) is 19.3 Å². The van der Waals surface area contributed by atoms with Crippen molar-refractivity contribution in [3.8, 4) is 0 Å². The summed E-state index contributed by atoms with van der Waals surface area (Å²) in [5, 5.41) is 0. The molecule has 6 N–H and O–H groups in total. The molecule has 30 heavy (non-hydrogen) atoms. The van der Waals surface area contributed by atoms with Gasteiger partial charge in [-0.05, 0) is 57.5 Å². The van der Waals surface area contributed by atoms with E-state index in [2.05, 4.69) is 0 Å². The zero-order valence-electron chi connectivity index (χ0n) is 19.6. The van der Waals surface area contributed by atoms with Gasteiger partial charge in [-0.1, -0.05) is 0 Å². The zero-order chi connectivity index (χ0) is 24.1. The van der Waals surface area contributed by atoms with Crippen LogP contribution in [-0.4, -0.2) is 108 Å². The highest BCUT2D eigenvalue weighted by Crippen LogP contribution is 2.04. The number of methoxy groups -OCH3 is 2. The van der Waals surface area contributed by atoms with Gasteiger partial charge in [-0.3, -0.25) is 0 Å². The fraction of sp³-hybridized carbons (Fsp3) is 1.00. The van der Waals surface area contributed by atoms with Gasteiger partial charge in [0.2, 0.25) is 0 Å². The van der Waals surface area contributed by atoms with Crippen LogP contribution in [0.4, 0.5) is 0 Å². The Morgan fingerprint density at radius 1 is 0.500 bits per heavy atom. The summed E-state index contributed by atoms with van der Waals surface area (Å²) in [6.45, 7) is 9.63. The minimum absolute atomic E-state index is 0.472. The van der Waals surface area contributed by atoms with E-state index in [1.165, 1.54) is 26.2 Å². The van der Waals surface area contributed by atoms with E-state index in [0.29, 0.717) is 58.2 Å². The quantitative estimate of drug-likeness (QED) is 0.138. The Morgan fingerprint density at radius 2 is 0.833 bits per heavy atom. The van der Waals surface area contributed by atoms with Crippen LogP contribution in [0.15, 0.2) is 0 Å². The molecular formula is C17H46O10Si3. The molecule has 186 valence electrons. The molecule has 0 saturated heterocycles. The van der Waals surface area contributed by atoms with E-state index in [1.54, 1.807) is 14.2 Å². The molecule has 0 heterocycles. The Morgan fingerprint density at radius 3 is 1.17 bits per heavy atom. The summed E-state index contributed by atoms with van der Waals surface area (Å²) in [6, 6.07) is 0.956. The van der Waals surface area contributed by atoms with Crippen molar-refractivity contribution < 1.29 is 47.7 Å². The van der Waals surface area contributed by atoms with Crippen LogP contribution in [-0.2, 0) is 18.9 Å². The highest BCUT2D eigenvalue weighted by atomic mass is 28.4. The third-order valence-electron chi connectivity index (χ3n) is 2.95. The zero-order valence-corrected chi connectivity index (χ0v) is 22.6. The number of ether oxygens (including phenoxy) is 4. The standard InChI is InChI=1S/C8H20O4Si.C7H18O4Si.C2H8O2Si/c1-11-5-3-6-12-7-4-8-13(2,9)10;1-10-5-6-11-4-3-7-12(2,8)9;1-5(2,3)4/h9-10H,3-8H2,1-2H3;8-9H,3-7H2,1-2H3;3-4H,1-2H3. The van der Waals surface area contributed by atoms with Gasteiger partial charge in [0.25, 0.3) is 0 Å². The van der Waals surface area contributed by atoms with Crippen molar-refractivity contribution in [2.75, 3.05) is 53.9 Å². The normalized spacial score (nSPS) is 12.0. The lowest BCUT2D eigenvalue weighted by Gasteiger charge is -2.11. The topological polar surface area (TPSA) is 158 Å². The van der Waals surface area contributed by atoms with Gasteiger partial charge >= 0.3 is 25.7 Å². The lowest BCUT2D eigenvalue weighted by atomic mass is 10.5. The van der Waals surface area contributed by atoms with Crippen LogP contribution >= 0.6 is 0 Å². The molecule has 0 aliphatic rings. The maximum Gasteiger partial charge on any atom is 0.329 e. The van der Waals surface area contributed by atoms with Crippen LogP contribution in [0, 0.1) is 0 Å². The van der Waals surface area contributed by atoms with Crippen molar-refractivity contribution >= 4 is 25.7 Å². The Kier molecular flexibility index (Phi) is 24.5. The van der Waals surface area contributed by atoms with E-state index < -0.39 is 25.7 Å². The summed E-state index contributed by atoms with van der Waals surface area (Å²) in [5.41, 5.74) is 0. The third kappa shape index (κ3) is 56.6. The third-order valence-corrected chi connectivity index (χ3v) is 5.55. The molecule has 0 aromatic heterocycles. The van der Waals surface area contributed by atoms with Gasteiger partial charge in [0, 0.05) is 40.6 Å². The van der Waals surface area contributed by atoms with E-state index >= 15 is 0 Å². The van der Waals surface area contributed by atoms with Gasteiger partial charge in [0.15, 0.2) is 0 Å². The van der Waals surface area contributed by atoms with E-state index in [9.17, 15) is 0 Å². The lowest BCUT2D eigenvalue weighted by molar-refractivity contribution is 0.0703. The van der Waals surface area contributed by atoms with E-state index in [1.807, 2.05) is 0 Å². The van der Waals surface area contributed by atoms with Crippen LogP contribution < -0.4 is 0 Å². The van der Waals surface area contributed by atoms with Crippen molar-refractivity contribution in [1.29, 1.82) is 0 Å². The first-order valence-electron chi connectivity index (χ1n) is 10.1. The Hall–Kier alpha value is 0.251. The summed E-state index contributed by atoms with van der Waals surface area (Å²) < 4.78 is 20.0. The van der Waals surface area contributed by atoms with Crippen molar-refractivity contribution in [2.45, 2.75) is 57.5 Å². The predicted octanol–water partition coefficient (Wildman–Crippen LogP) is 0.255. The van der Waals surface area contributed by atoms with Crippen molar-refractivity contribution in [2.24, 2.45) is 0 Å². The average molecular weight is 495 g/mol. The lowest BCUT2D eigenvalue weighted by Crippen LogP contribution is -2.29. The smallest absolute Gasteiger partial charge is 0.329 e. The van der Waals surface area contributed by atoms with Crippen molar-refractivity contribution in [3.05, 3.63) is 0 Å². The molecule has 0 bridgehead atoms. The second kappa shape index (κ2) is 21.1. The first kappa shape index (κ1) is 34.9. The van der Waals surface area contributed by atoms with Gasteiger partial charge < -0.3 is 47.7 Å². The fourth-order valence-electron chi connectivity index (χ4n) is 1.67. The van der Waals surface area contributed by atoms with Crippen molar-refractivity contribution in [1.82, 2.24) is 0 Å². The molecule has 13 heteroatoms. The van der Waals surface area contributed by atoms with Crippen LogP contribution in [0.3, 0.4) is 0 Å². The monoisotopic (exact) mass is 494 g/mol. The highest BCUT2D eigenvalue weighted by molar-refractivity contribution is 6.63. The Balaban J connectivity index is -0.000000399. The second-order valence-corrected chi connectivity index (χ2v) is 16.6. The number of rotatable bonds is 15. The molecule has 0 aliphatic heterocycles. The summed E-state index contributed by atoms with van der Waals surface area (Å²) in [7, 11) is -5.00. The fourth-order valence-corrected chi connectivity index (χ4v) is 3.30. The summed E-state index contributed by atoms with van der Waals surface area (Å²) in [6.07, 6.45) is 2.32. The minimum atomic E-state index is -2.84. The molecule has 0 rings (SSSR count). The van der Waals surface area contributed by atoms with Gasteiger partial charge in [-0.2, -0.15) is 0 Å². The molecule has 0 fully saturated rings. The highest BCUT2D eigenvalue weighted by Gasteiger charge is 2.20. The molecule has 0 aromatic carbocycles. The van der Waals surface area contributed by atoms with Gasteiger partial charge in [0.1, 0.15) is 0 Å². The molecule has 0 saturated carbocycles. The maximum absolute atomic E-state index is 9.08. The van der Waals surface area contributed by atoms with Gasteiger partial charge in [-0.25, -0.2) is 0 Å². The molecule has 0 aromatic rings. The SMILES string of the molecule is COCCCOCCC[Si](C)(O)O.COCCOCCC[Si](C)(O)O.C[Si](C)(O)O. The number of hydrogen-bond donors (Lipinski definition) is 6. The minimum Gasteiger partial charge on any atom is -0.411 e. The molecule has 0 spiro atoms. The molecule has 0 aliphatic carbocycles. The summed E-state index contributed by atoms with van der Waals surface area (Å²) >= 11 is 0. The molecule has 0 unspecified atom stereocenters. The summed E-state index contributed by atoms with van der Waals surface area (Å²) in [5.74, 6) is 0. The first-order chi connectivity index (χ1) is 13.6. The predicted molar refractivity (Wildman–Crippen MR) is 123 cm³/mol. The largest absolute Gasteiger partial charge is 0.411 e. The molecule has 10 nitrogen and oxygen atoms in total. The van der Waals surface area contributed by atoms with E-state index in [4.69, 9.17) is 47.7 Å². The Bertz CT molecular complexity index is 338. The molecule has 0 atom stereocenters. The van der Waals surface area contributed by atoms with Crippen LogP contribution in [0.25, 0.3) is 0 Å². The molecule has 0 radical (unpaired) electrons. The second-order valence-electron chi connectivity index (χ2n) is 7.70. The Labute approximate surface area is 185 Å². The molecular weight excluding hydrogens is 448 g/mol. The average Bonchev–Trinajstić information content (AvgIpc) is 2.54. The van der Waals surface area contributed by atoms with Crippen molar-refractivity contribution in [3.63, 3.8) is 0 Å². The first-order valence-corrected chi connectivity index (χ1v) is 18.2. The van der Waals surface area contributed by atoms with Crippen LogP contribution in [0.2, 0.25) is 38.3 Å². The maximum atomic E-state index is 9.08. The molecule has 0 amide bonds. The van der Waals surface area contributed by atoms with Crippen LogP contribution in [0.5, 0.6) is 0 Å². The number of hydrogen-bond acceptors (Lipinski definition) is 10. The van der Waals surface area contributed by atoms with Gasteiger partial charge in [-0.15, -0.1) is 0 Å². The summed E-state index contributed by atoms with van der Waals surface area (Å²) in [4.78, 5) is 52.7. The van der Waals surface area contributed by atoms with Gasteiger partial charge in [0.05, 0.1) is 13.2 Å². The van der Waals surface area contributed by atoms with E-state index in [-0.39, 0.29) is 0 Å².